The number of hydrogen-bond donors (Lipinski definition) is 2. The highest BCUT2D eigenvalue weighted by molar-refractivity contribution is 5.89. The lowest BCUT2D eigenvalue weighted by molar-refractivity contribution is -0.127. The van der Waals surface area contributed by atoms with Gasteiger partial charge in [-0.05, 0) is 24.5 Å². The number of carbonyl (C=O) groups is 1. The van der Waals surface area contributed by atoms with E-state index in [-0.39, 0.29) is 24.4 Å². The van der Waals surface area contributed by atoms with E-state index in [9.17, 15) is 4.79 Å². The molecule has 2 aromatic heterocycles. The third kappa shape index (κ3) is 3.10. The van der Waals surface area contributed by atoms with Crippen molar-refractivity contribution in [1.82, 2.24) is 19.5 Å². The van der Waals surface area contributed by atoms with Crippen LogP contribution in [0.25, 0.3) is 11.1 Å². The van der Waals surface area contributed by atoms with E-state index in [0.29, 0.717) is 18.9 Å². The van der Waals surface area contributed by atoms with Crippen molar-refractivity contribution in [1.29, 1.82) is 0 Å². The number of piperidine rings is 1. The van der Waals surface area contributed by atoms with Crippen LogP contribution in [0.1, 0.15) is 25.5 Å². The van der Waals surface area contributed by atoms with Gasteiger partial charge in [0.25, 0.3) is 0 Å². The Morgan fingerprint density at radius 2 is 2.19 bits per heavy atom. The average molecular weight is 378 g/mol. The SMILES string of the molecule is CC(=O)N1CC=C(c2cc(N3CCCC(N)C3)c3c(N)ncnn23)C1.Cl. The maximum Gasteiger partial charge on any atom is 0.220 e. The maximum atomic E-state index is 11.6. The molecule has 1 fully saturated rings. The van der Waals surface area contributed by atoms with Crippen LogP contribution in [0.15, 0.2) is 18.5 Å². The summed E-state index contributed by atoms with van der Waals surface area (Å²) in [5.41, 5.74) is 16.2. The molecular formula is C17H24ClN7O. The molecule has 1 atom stereocenters. The molecule has 1 amide bonds. The number of rotatable bonds is 2. The summed E-state index contributed by atoms with van der Waals surface area (Å²) < 4.78 is 1.84. The molecule has 1 saturated heterocycles. The van der Waals surface area contributed by atoms with Gasteiger partial charge in [0, 0.05) is 39.1 Å². The van der Waals surface area contributed by atoms with Gasteiger partial charge in [0.1, 0.15) is 11.8 Å². The fourth-order valence-corrected chi connectivity index (χ4v) is 3.73. The molecule has 0 bridgehead atoms. The number of nitrogens with zero attached hydrogens (tertiary/aromatic N) is 5. The Balaban J connectivity index is 0.00000196. The van der Waals surface area contributed by atoms with Crippen LogP contribution < -0.4 is 16.4 Å². The molecule has 8 nitrogen and oxygen atoms in total. The fourth-order valence-electron chi connectivity index (χ4n) is 3.73. The number of amides is 1. The van der Waals surface area contributed by atoms with E-state index in [1.54, 1.807) is 11.8 Å². The van der Waals surface area contributed by atoms with Gasteiger partial charge in [0.2, 0.25) is 5.91 Å². The molecule has 2 aromatic rings. The van der Waals surface area contributed by atoms with Gasteiger partial charge >= 0.3 is 0 Å². The number of fused-ring (bicyclic) bond motifs is 1. The molecule has 4 heterocycles. The number of anilines is 2. The van der Waals surface area contributed by atoms with E-state index in [1.807, 2.05) is 4.52 Å². The lowest BCUT2D eigenvalue weighted by Gasteiger charge is -2.32. The zero-order chi connectivity index (χ0) is 17.6. The lowest BCUT2D eigenvalue weighted by atomic mass is 10.1. The topological polar surface area (TPSA) is 106 Å². The van der Waals surface area contributed by atoms with Gasteiger partial charge in [-0.25, -0.2) is 9.50 Å². The van der Waals surface area contributed by atoms with Crippen molar-refractivity contribution in [3.8, 4) is 0 Å². The summed E-state index contributed by atoms with van der Waals surface area (Å²) in [5, 5.41) is 4.41. The zero-order valence-electron chi connectivity index (χ0n) is 14.8. The standard InChI is InChI=1S/C17H23N7O.ClH/c1-11(25)22-6-4-12(8-22)14-7-15(23-5-2-3-13(18)9-23)16-17(19)20-10-21-24(14)16;/h4,7,10,13H,2-3,5-6,8-9,18H2,1H3,(H2,19,20,21);1H. The van der Waals surface area contributed by atoms with E-state index in [0.717, 1.165) is 48.4 Å². The molecule has 140 valence electrons. The number of hydrogen-bond acceptors (Lipinski definition) is 6. The van der Waals surface area contributed by atoms with Gasteiger partial charge in [-0.3, -0.25) is 4.79 Å². The van der Waals surface area contributed by atoms with Crippen molar-refractivity contribution in [2.75, 3.05) is 36.8 Å². The fraction of sp³-hybridized carbons (Fsp3) is 0.471. The largest absolute Gasteiger partial charge is 0.382 e. The number of nitrogen functional groups attached to an aromatic ring is 1. The minimum Gasteiger partial charge on any atom is -0.382 e. The van der Waals surface area contributed by atoms with Gasteiger partial charge in [-0.15, -0.1) is 12.4 Å². The first-order valence-electron chi connectivity index (χ1n) is 8.62. The molecule has 26 heavy (non-hydrogen) atoms. The summed E-state index contributed by atoms with van der Waals surface area (Å²) in [4.78, 5) is 19.9. The first-order chi connectivity index (χ1) is 12.0. The molecular weight excluding hydrogens is 354 g/mol. The van der Waals surface area contributed by atoms with Crippen LogP contribution >= 0.6 is 12.4 Å². The van der Waals surface area contributed by atoms with Gasteiger partial charge in [0.15, 0.2) is 5.82 Å². The molecule has 0 saturated carbocycles. The van der Waals surface area contributed by atoms with Gasteiger partial charge < -0.3 is 21.3 Å². The van der Waals surface area contributed by atoms with Crippen molar-refractivity contribution in [2.24, 2.45) is 5.73 Å². The smallest absolute Gasteiger partial charge is 0.220 e. The van der Waals surface area contributed by atoms with Crippen LogP contribution in [-0.2, 0) is 4.79 Å². The summed E-state index contributed by atoms with van der Waals surface area (Å²) in [6.45, 7) is 4.55. The Bertz CT molecular complexity index is 862. The molecule has 0 aliphatic carbocycles. The number of carbonyl (C=O) groups excluding carboxylic acids is 1. The summed E-state index contributed by atoms with van der Waals surface area (Å²) >= 11 is 0. The summed E-state index contributed by atoms with van der Waals surface area (Å²) in [6.07, 6.45) is 5.64. The third-order valence-corrected chi connectivity index (χ3v) is 5.05. The highest BCUT2D eigenvalue weighted by atomic mass is 35.5. The van der Waals surface area contributed by atoms with E-state index < -0.39 is 0 Å². The third-order valence-electron chi connectivity index (χ3n) is 5.05. The van der Waals surface area contributed by atoms with E-state index in [1.165, 1.54) is 6.33 Å². The monoisotopic (exact) mass is 377 g/mol. The van der Waals surface area contributed by atoms with Crippen LogP contribution in [0.5, 0.6) is 0 Å². The normalized spacial score (nSPS) is 20.2. The van der Waals surface area contributed by atoms with E-state index in [4.69, 9.17) is 11.5 Å². The quantitative estimate of drug-likeness (QED) is 0.805. The van der Waals surface area contributed by atoms with Crippen LogP contribution in [0.3, 0.4) is 0 Å². The molecule has 0 aromatic carbocycles. The highest BCUT2D eigenvalue weighted by Gasteiger charge is 2.26. The second-order valence-electron chi connectivity index (χ2n) is 6.80. The Morgan fingerprint density at radius 1 is 1.38 bits per heavy atom. The molecule has 0 radical (unpaired) electrons. The zero-order valence-corrected chi connectivity index (χ0v) is 15.6. The molecule has 4 rings (SSSR count). The van der Waals surface area contributed by atoms with Crippen LogP contribution in [-0.4, -0.2) is 57.6 Å². The van der Waals surface area contributed by atoms with Crippen molar-refractivity contribution in [2.45, 2.75) is 25.8 Å². The molecule has 9 heteroatoms. The number of halogens is 1. The molecule has 1 unspecified atom stereocenters. The number of nitrogens with two attached hydrogens (primary N) is 2. The molecule has 2 aliphatic rings. The van der Waals surface area contributed by atoms with Crippen molar-refractivity contribution in [3.05, 3.63) is 24.2 Å². The first kappa shape index (κ1) is 18.5. The van der Waals surface area contributed by atoms with Gasteiger partial charge in [-0.2, -0.15) is 5.10 Å². The van der Waals surface area contributed by atoms with Crippen LogP contribution in [0, 0.1) is 0 Å². The molecule has 2 aliphatic heterocycles. The average Bonchev–Trinajstić information content (AvgIpc) is 3.20. The minimum absolute atomic E-state index is 0. The van der Waals surface area contributed by atoms with Crippen LogP contribution in [0.4, 0.5) is 11.5 Å². The van der Waals surface area contributed by atoms with E-state index >= 15 is 0 Å². The molecule has 4 N–H and O–H groups in total. The Labute approximate surface area is 158 Å². The second-order valence-corrected chi connectivity index (χ2v) is 6.80. The number of aromatic nitrogens is 3. The van der Waals surface area contributed by atoms with Crippen molar-refractivity contribution < 1.29 is 4.79 Å². The lowest BCUT2D eigenvalue weighted by Crippen LogP contribution is -2.42. The minimum atomic E-state index is 0. The predicted molar refractivity (Wildman–Crippen MR) is 104 cm³/mol. The Kier molecular flexibility index (Phi) is 5.06. The molecule has 0 spiro atoms. The first-order valence-corrected chi connectivity index (χ1v) is 8.62. The van der Waals surface area contributed by atoms with Gasteiger partial charge in [0.05, 0.1) is 11.4 Å². The van der Waals surface area contributed by atoms with Crippen molar-refractivity contribution in [3.63, 3.8) is 0 Å². The second kappa shape index (κ2) is 7.13. The summed E-state index contributed by atoms with van der Waals surface area (Å²) in [6, 6.07) is 2.27. The Hall–Kier alpha value is -2.32. The summed E-state index contributed by atoms with van der Waals surface area (Å²) in [7, 11) is 0. The summed E-state index contributed by atoms with van der Waals surface area (Å²) in [5.74, 6) is 0.529. The highest BCUT2D eigenvalue weighted by Crippen LogP contribution is 2.34. The van der Waals surface area contributed by atoms with Crippen molar-refractivity contribution >= 4 is 40.9 Å². The Morgan fingerprint density at radius 3 is 2.88 bits per heavy atom. The van der Waals surface area contributed by atoms with E-state index in [2.05, 4.69) is 27.1 Å². The van der Waals surface area contributed by atoms with Gasteiger partial charge in [-0.1, -0.05) is 6.08 Å². The van der Waals surface area contributed by atoms with Crippen LogP contribution in [0.2, 0.25) is 0 Å². The maximum absolute atomic E-state index is 11.6. The predicted octanol–water partition coefficient (Wildman–Crippen LogP) is 0.906.